The molecule has 0 unspecified atom stereocenters. The summed E-state index contributed by atoms with van der Waals surface area (Å²) in [6.07, 6.45) is -7.88. The Balaban J connectivity index is 2.64. The van der Waals surface area contributed by atoms with Crippen LogP contribution in [0.4, 0.5) is 0 Å². The largest absolute Gasteiger partial charge is 0.394 e. The number of aliphatic hydroxyl groups excluding tert-OH is 5. The first-order valence-corrected chi connectivity index (χ1v) is 6.11. The molecule has 8 nitrogen and oxygen atoms in total. The fourth-order valence-corrected chi connectivity index (χ4v) is 1.53. The van der Waals surface area contributed by atoms with E-state index >= 15 is 0 Å². The van der Waals surface area contributed by atoms with Crippen molar-refractivity contribution in [2.45, 2.75) is 24.4 Å². The molecule has 0 aromatic heterocycles. The van der Waals surface area contributed by atoms with Gasteiger partial charge in [-0.1, -0.05) is 18.2 Å². The van der Waals surface area contributed by atoms with Crippen LogP contribution in [0, 0.1) is 0 Å². The van der Waals surface area contributed by atoms with Crippen molar-refractivity contribution in [2.24, 2.45) is 0 Å². The van der Waals surface area contributed by atoms with E-state index in [2.05, 4.69) is 0 Å². The fourth-order valence-electron chi connectivity index (χ4n) is 1.53. The smallest absolute Gasteiger partial charge is 0.258 e. The molecule has 1 rings (SSSR count). The summed E-state index contributed by atoms with van der Waals surface area (Å²) in [4.78, 5) is 23.3. The Morgan fingerprint density at radius 1 is 1.00 bits per heavy atom. The number of amides is 2. The summed E-state index contributed by atoms with van der Waals surface area (Å²) in [6, 6.07) is 7.70. The van der Waals surface area contributed by atoms with E-state index in [1.165, 1.54) is 12.1 Å². The molecule has 0 aliphatic heterocycles. The quantitative estimate of drug-likeness (QED) is 0.337. The van der Waals surface area contributed by atoms with Gasteiger partial charge in [0.25, 0.3) is 11.8 Å². The minimum absolute atomic E-state index is 0.170. The first-order valence-electron chi connectivity index (χ1n) is 6.11. The zero-order valence-corrected chi connectivity index (χ0v) is 11.0. The van der Waals surface area contributed by atoms with E-state index in [4.69, 9.17) is 10.2 Å². The van der Waals surface area contributed by atoms with Gasteiger partial charge in [-0.25, -0.2) is 0 Å². The van der Waals surface area contributed by atoms with Crippen molar-refractivity contribution in [1.82, 2.24) is 5.32 Å². The molecule has 0 aliphatic carbocycles. The molecule has 1 aromatic carbocycles. The van der Waals surface area contributed by atoms with Crippen LogP contribution in [0.3, 0.4) is 0 Å². The molecule has 0 heterocycles. The number of hydrogen-bond acceptors (Lipinski definition) is 7. The van der Waals surface area contributed by atoms with E-state index in [9.17, 15) is 24.9 Å². The standard InChI is InChI=1S/C13H17NO7/c15-6-8(16)9(17)10(18)11(19)13(21)14-12(20)7-4-2-1-3-5-7/h1-5,8-11,15-19H,6H2,(H,14,20,21)/t8-,9-,10+,11-/m1/s1. The zero-order valence-electron chi connectivity index (χ0n) is 11.0. The molecule has 0 saturated carbocycles. The third kappa shape index (κ3) is 4.59. The van der Waals surface area contributed by atoms with E-state index in [0.29, 0.717) is 0 Å². The first kappa shape index (κ1) is 17.2. The lowest BCUT2D eigenvalue weighted by Crippen LogP contribution is -2.52. The van der Waals surface area contributed by atoms with Crippen molar-refractivity contribution in [3.8, 4) is 0 Å². The summed E-state index contributed by atoms with van der Waals surface area (Å²) in [5, 5.41) is 48.0. The second-order valence-corrected chi connectivity index (χ2v) is 4.36. The molecule has 1 aromatic rings. The van der Waals surface area contributed by atoms with Crippen LogP contribution in [0.15, 0.2) is 30.3 Å². The molecule has 0 aliphatic rings. The van der Waals surface area contributed by atoms with E-state index in [0.717, 1.165) is 0 Å². The molecular weight excluding hydrogens is 282 g/mol. The lowest BCUT2D eigenvalue weighted by Gasteiger charge is -2.24. The Labute approximate surface area is 120 Å². The number of nitrogens with one attached hydrogen (secondary N) is 1. The predicted octanol–water partition coefficient (Wildman–Crippen LogP) is -2.62. The number of benzene rings is 1. The van der Waals surface area contributed by atoms with Crippen LogP contribution in [0.5, 0.6) is 0 Å². The van der Waals surface area contributed by atoms with E-state index in [1.54, 1.807) is 18.2 Å². The third-order valence-electron chi connectivity index (χ3n) is 2.80. The zero-order chi connectivity index (χ0) is 16.0. The second kappa shape index (κ2) is 7.81. The number of carbonyl (C=O) groups excluding carboxylic acids is 2. The topological polar surface area (TPSA) is 147 Å². The van der Waals surface area contributed by atoms with Gasteiger partial charge in [0, 0.05) is 5.56 Å². The molecule has 0 radical (unpaired) electrons. The predicted molar refractivity (Wildman–Crippen MR) is 70.0 cm³/mol. The summed E-state index contributed by atoms with van der Waals surface area (Å²) in [5.74, 6) is -2.02. The Hall–Kier alpha value is -1.84. The number of carbonyl (C=O) groups is 2. The highest BCUT2D eigenvalue weighted by molar-refractivity contribution is 6.05. The first-order chi connectivity index (χ1) is 9.88. The van der Waals surface area contributed by atoms with Crippen LogP contribution in [-0.4, -0.2) is 68.4 Å². The number of hydrogen-bond donors (Lipinski definition) is 6. The van der Waals surface area contributed by atoms with Crippen molar-refractivity contribution in [2.75, 3.05) is 6.61 Å². The number of rotatable bonds is 6. The SMILES string of the molecule is O=C(NC(=O)[C@H](O)[C@@H](O)[C@H](O)[C@H](O)CO)c1ccccc1. The normalized spacial score (nSPS) is 16.6. The van der Waals surface area contributed by atoms with E-state index in [-0.39, 0.29) is 5.56 Å². The van der Waals surface area contributed by atoms with Crippen LogP contribution < -0.4 is 5.32 Å². The van der Waals surface area contributed by atoms with Gasteiger partial charge in [0.05, 0.1) is 6.61 Å². The Bertz CT molecular complexity index is 479. The minimum Gasteiger partial charge on any atom is -0.394 e. The molecular formula is C13H17NO7. The Morgan fingerprint density at radius 2 is 1.57 bits per heavy atom. The third-order valence-corrected chi connectivity index (χ3v) is 2.80. The fraction of sp³-hybridized carbons (Fsp3) is 0.385. The molecule has 4 atom stereocenters. The highest BCUT2D eigenvalue weighted by Gasteiger charge is 2.34. The molecule has 0 bridgehead atoms. The van der Waals surface area contributed by atoms with Crippen molar-refractivity contribution in [3.63, 3.8) is 0 Å². The van der Waals surface area contributed by atoms with Gasteiger partial charge in [0.1, 0.15) is 18.3 Å². The summed E-state index contributed by atoms with van der Waals surface area (Å²) in [6.45, 7) is -0.866. The molecule has 8 heteroatoms. The van der Waals surface area contributed by atoms with Crippen LogP contribution in [0.25, 0.3) is 0 Å². The highest BCUT2D eigenvalue weighted by atomic mass is 16.4. The van der Waals surface area contributed by atoms with Gasteiger partial charge in [-0.15, -0.1) is 0 Å². The lowest BCUT2D eigenvalue weighted by molar-refractivity contribution is -0.148. The van der Waals surface area contributed by atoms with Gasteiger partial charge in [-0.2, -0.15) is 0 Å². The van der Waals surface area contributed by atoms with Gasteiger partial charge in [-0.05, 0) is 12.1 Å². The molecule has 21 heavy (non-hydrogen) atoms. The summed E-state index contributed by atoms with van der Waals surface area (Å²) >= 11 is 0. The van der Waals surface area contributed by atoms with Crippen LogP contribution in [0.1, 0.15) is 10.4 Å². The van der Waals surface area contributed by atoms with E-state index < -0.39 is 42.8 Å². The summed E-state index contributed by atoms with van der Waals surface area (Å²) in [5.41, 5.74) is 0.170. The molecule has 116 valence electrons. The van der Waals surface area contributed by atoms with Gasteiger partial charge in [-0.3, -0.25) is 14.9 Å². The average molecular weight is 299 g/mol. The highest BCUT2D eigenvalue weighted by Crippen LogP contribution is 2.06. The number of aliphatic hydroxyl groups is 5. The van der Waals surface area contributed by atoms with Crippen molar-refractivity contribution < 1.29 is 35.1 Å². The van der Waals surface area contributed by atoms with Gasteiger partial charge < -0.3 is 25.5 Å². The number of imide groups is 1. The van der Waals surface area contributed by atoms with Gasteiger partial charge in [0.15, 0.2) is 6.10 Å². The molecule has 0 fully saturated rings. The summed E-state index contributed by atoms with van der Waals surface area (Å²) < 4.78 is 0. The maximum Gasteiger partial charge on any atom is 0.258 e. The molecule has 0 saturated heterocycles. The second-order valence-electron chi connectivity index (χ2n) is 4.36. The Morgan fingerprint density at radius 3 is 2.10 bits per heavy atom. The van der Waals surface area contributed by atoms with Crippen LogP contribution in [0.2, 0.25) is 0 Å². The maximum atomic E-state index is 11.7. The average Bonchev–Trinajstić information content (AvgIpc) is 2.52. The van der Waals surface area contributed by atoms with Crippen molar-refractivity contribution >= 4 is 11.8 Å². The van der Waals surface area contributed by atoms with Gasteiger partial charge in [0.2, 0.25) is 0 Å². The molecule has 2 amide bonds. The van der Waals surface area contributed by atoms with Gasteiger partial charge >= 0.3 is 0 Å². The summed E-state index contributed by atoms with van der Waals surface area (Å²) in [7, 11) is 0. The maximum absolute atomic E-state index is 11.7. The van der Waals surface area contributed by atoms with Crippen LogP contribution in [-0.2, 0) is 4.79 Å². The monoisotopic (exact) mass is 299 g/mol. The lowest BCUT2D eigenvalue weighted by atomic mass is 10.0. The minimum atomic E-state index is -2.14. The Kier molecular flexibility index (Phi) is 6.40. The van der Waals surface area contributed by atoms with Crippen molar-refractivity contribution in [3.05, 3.63) is 35.9 Å². The van der Waals surface area contributed by atoms with Crippen LogP contribution >= 0.6 is 0 Å². The van der Waals surface area contributed by atoms with Crippen molar-refractivity contribution in [1.29, 1.82) is 0 Å². The van der Waals surface area contributed by atoms with E-state index in [1.807, 2.05) is 5.32 Å². The molecule has 0 spiro atoms. The molecule has 6 N–H and O–H groups in total.